The van der Waals surface area contributed by atoms with Crippen LogP contribution in [0.1, 0.15) is 24.2 Å². The average Bonchev–Trinajstić information content (AvgIpc) is 3.07. The minimum absolute atomic E-state index is 0.125. The maximum atomic E-state index is 12.3. The van der Waals surface area contributed by atoms with Crippen LogP contribution in [-0.4, -0.2) is 44.2 Å². The molecule has 0 unspecified atom stereocenters. The highest BCUT2D eigenvalue weighted by atomic mass is 32.2. The lowest BCUT2D eigenvalue weighted by Gasteiger charge is -2.16. The number of hydrogen-bond acceptors (Lipinski definition) is 7. The van der Waals surface area contributed by atoms with Gasteiger partial charge < -0.3 is 15.7 Å². The van der Waals surface area contributed by atoms with Crippen molar-refractivity contribution >= 4 is 40.0 Å². The van der Waals surface area contributed by atoms with Crippen molar-refractivity contribution in [3.63, 3.8) is 0 Å². The third kappa shape index (κ3) is 3.63. The van der Waals surface area contributed by atoms with Gasteiger partial charge in [0.05, 0.1) is 5.56 Å². The molecule has 0 saturated heterocycles. The smallest absolute Gasteiger partial charge is 0.254 e. The van der Waals surface area contributed by atoms with Crippen LogP contribution in [0.15, 0.2) is 34.3 Å². The van der Waals surface area contributed by atoms with E-state index in [9.17, 15) is 14.7 Å². The van der Waals surface area contributed by atoms with E-state index in [1.807, 2.05) is 0 Å². The second-order valence-electron chi connectivity index (χ2n) is 6.41. The molecule has 1 aromatic heterocycles. The van der Waals surface area contributed by atoms with E-state index in [1.165, 1.54) is 23.5 Å². The molecule has 0 radical (unpaired) electrons. The number of amides is 2. The molecular formula is C18H20N6O3S. The number of carbonyl (C=O) groups excluding carboxylic acids is 2. The number of aryl methyl sites for hydroxylation is 1. The molecule has 0 aliphatic carbocycles. The fraction of sp³-hybridized carbons (Fsp3) is 0.278. The van der Waals surface area contributed by atoms with E-state index < -0.39 is 5.91 Å². The van der Waals surface area contributed by atoms with Crippen LogP contribution in [0.4, 0.5) is 5.69 Å². The largest absolute Gasteiger partial charge is 0.506 e. The summed E-state index contributed by atoms with van der Waals surface area (Å²) in [5.41, 5.74) is 0.660. The molecule has 0 spiro atoms. The predicted octanol–water partition coefficient (Wildman–Crippen LogP) is 2.17. The minimum Gasteiger partial charge on any atom is -0.506 e. The fourth-order valence-electron chi connectivity index (χ4n) is 2.61. The van der Waals surface area contributed by atoms with Gasteiger partial charge in [0.2, 0.25) is 11.1 Å². The maximum Gasteiger partial charge on any atom is 0.254 e. The SMILES string of the molecule is CNC(=O)c1cc(Sc2nnnn2C)c2c(NC(=O)C(C)C)cccc2c1O. The Morgan fingerprint density at radius 2 is 2.04 bits per heavy atom. The number of anilines is 1. The number of benzene rings is 2. The first-order valence-corrected chi connectivity index (χ1v) is 9.37. The molecule has 2 aromatic carbocycles. The number of tetrazole rings is 1. The van der Waals surface area contributed by atoms with Crippen molar-refractivity contribution in [1.29, 1.82) is 0 Å². The van der Waals surface area contributed by atoms with Crippen molar-refractivity contribution in [2.75, 3.05) is 12.4 Å². The summed E-state index contributed by atoms with van der Waals surface area (Å²) in [6.07, 6.45) is 0. The van der Waals surface area contributed by atoms with Crippen molar-refractivity contribution in [2.45, 2.75) is 23.9 Å². The summed E-state index contributed by atoms with van der Waals surface area (Å²) in [5, 5.41) is 29.1. The Bertz CT molecular complexity index is 1060. The van der Waals surface area contributed by atoms with E-state index in [1.54, 1.807) is 45.2 Å². The quantitative estimate of drug-likeness (QED) is 0.600. The van der Waals surface area contributed by atoms with E-state index >= 15 is 0 Å². The third-order valence-electron chi connectivity index (χ3n) is 4.13. The molecule has 10 heteroatoms. The number of rotatable bonds is 5. The number of fused-ring (bicyclic) bond motifs is 1. The topological polar surface area (TPSA) is 122 Å². The van der Waals surface area contributed by atoms with E-state index in [2.05, 4.69) is 26.2 Å². The normalized spacial score (nSPS) is 11.0. The van der Waals surface area contributed by atoms with Gasteiger partial charge in [-0.1, -0.05) is 26.0 Å². The Balaban J connectivity index is 2.26. The maximum absolute atomic E-state index is 12.3. The van der Waals surface area contributed by atoms with Gasteiger partial charge in [0, 0.05) is 41.4 Å². The Kier molecular flexibility index (Phi) is 5.50. The molecule has 0 aliphatic heterocycles. The number of nitrogens with zero attached hydrogens (tertiary/aromatic N) is 4. The van der Waals surface area contributed by atoms with Gasteiger partial charge in [-0.3, -0.25) is 9.59 Å². The van der Waals surface area contributed by atoms with Crippen LogP contribution in [0.2, 0.25) is 0 Å². The molecule has 0 aliphatic rings. The number of carbonyl (C=O) groups is 2. The van der Waals surface area contributed by atoms with Gasteiger partial charge in [-0.05, 0) is 34.3 Å². The van der Waals surface area contributed by atoms with Gasteiger partial charge in [-0.15, -0.1) is 5.10 Å². The molecule has 0 saturated carbocycles. The monoisotopic (exact) mass is 400 g/mol. The predicted molar refractivity (Wildman–Crippen MR) is 105 cm³/mol. The van der Waals surface area contributed by atoms with E-state index in [0.29, 0.717) is 26.5 Å². The Hall–Kier alpha value is -3.14. The highest BCUT2D eigenvalue weighted by molar-refractivity contribution is 7.99. The summed E-state index contributed by atoms with van der Waals surface area (Å²) >= 11 is 1.24. The Labute approximate surface area is 165 Å². The summed E-state index contributed by atoms with van der Waals surface area (Å²) in [6.45, 7) is 3.59. The molecule has 0 fully saturated rings. The molecular weight excluding hydrogens is 380 g/mol. The van der Waals surface area contributed by atoms with Gasteiger partial charge in [0.25, 0.3) is 5.91 Å². The molecule has 0 atom stereocenters. The number of phenols is 1. The van der Waals surface area contributed by atoms with Gasteiger partial charge >= 0.3 is 0 Å². The summed E-state index contributed by atoms with van der Waals surface area (Å²) in [7, 11) is 3.19. The Morgan fingerprint density at radius 3 is 2.64 bits per heavy atom. The zero-order valence-electron chi connectivity index (χ0n) is 15.8. The molecule has 2 amide bonds. The summed E-state index contributed by atoms with van der Waals surface area (Å²) in [4.78, 5) is 25.1. The van der Waals surface area contributed by atoms with Crippen LogP contribution in [-0.2, 0) is 11.8 Å². The van der Waals surface area contributed by atoms with E-state index in [0.717, 1.165) is 0 Å². The van der Waals surface area contributed by atoms with Crippen LogP contribution < -0.4 is 10.6 Å². The average molecular weight is 400 g/mol. The standard InChI is InChI=1S/C18H20N6O3S/c1-9(2)16(26)20-12-7-5-6-10-14(12)13(28-18-21-22-23-24(18)4)8-11(15(10)25)17(27)19-3/h5-9,25H,1-4H3,(H,19,27)(H,20,26). The molecule has 0 bridgehead atoms. The lowest BCUT2D eigenvalue weighted by Crippen LogP contribution is -2.19. The van der Waals surface area contributed by atoms with Crippen LogP contribution in [0.3, 0.4) is 0 Å². The van der Waals surface area contributed by atoms with Crippen LogP contribution in [0, 0.1) is 5.92 Å². The molecule has 28 heavy (non-hydrogen) atoms. The molecule has 3 rings (SSSR count). The molecule has 146 valence electrons. The lowest BCUT2D eigenvalue weighted by molar-refractivity contribution is -0.118. The van der Waals surface area contributed by atoms with Crippen LogP contribution >= 0.6 is 11.8 Å². The third-order valence-corrected chi connectivity index (χ3v) is 5.20. The van der Waals surface area contributed by atoms with Crippen molar-refractivity contribution < 1.29 is 14.7 Å². The lowest BCUT2D eigenvalue weighted by atomic mass is 10.0. The molecule has 9 nitrogen and oxygen atoms in total. The second kappa shape index (κ2) is 7.85. The number of aromatic hydroxyl groups is 1. The highest BCUT2D eigenvalue weighted by Gasteiger charge is 2.21. The number of nitrogens with one attached hydrogen (secondary N) is 2. The zero-order chi connectivity index (χ0) is 20.4. The van der Waals surface area contributed by atoms with Crippen LogP contribution in [0.25, 0.3) is 10.8 Å². The number of aromatic nitrogens is 4. The van der Waals surface area contributed by atoms with Gasteiger partial charge in [0.1, 0.15) is 5.75 Å². The number of phenolic OH excluding ortho intramolecular Hbond substituents is 1. The van der Waals surface area contributed by atoms with Crippen LogP contribution in [0.5, 0.6) is 5.75 Å². The Morgan fingerprint density at radius 1 is 1.29 bits per heavy atom. The minimum atomic E-state index is -0.422. The van der Waals surface area contributed by atoms with Gasteiger partial charge in [-0.25, -0.2) is 4.68 Å². The van der Waals surface area contributed by atoms with E-state index in [4.69, 9.17) is 0 Å². The van der Waals surface area contributed by atoms with Crippen molar-refractivity contribution in [3.05, 3.63) is 29.8 Å². The highest BCUT2D eigenvalue weighted by Crippen LogP contribution is 2.42. The van der Waals surface area contributed by atoms with Crippen molar-refractivity contribution in [3.8, 4) is 5.75 Å². The van der Waals surface area contributed by atoms with Gasteiger partial charge in [0.15, 0.2) is 0 Å². The first-order chi connectivity index (χ1) is 13.3. The summed E-state index contributed by atoms with van der Waals surface area (Å²) in [5.74, 6) is -0.948. The van der Waals surface area contributed by atoms with E-state index in [-0.39, 0.29) is 23.1 Å². The molecule has 3 aromatic rings. The summed E-state index contributed by atoms with van der Waals surface area (Å²) in [6, 6.07) is 6.73. The first kappa shape index (κ1) is 19.6. The van der Waals surface area contributed by atoms with Crippen molar-refractivity contribution in [1.82, 2.24) is 25.5 Å². The zero-order valence-corrected chi connectivity index (χ0v) is 16.7. The van der Waals surface area contributed by atoms with Gasteiger partial charge in [-0.2, -0.15) is 0 Å². The molecule has 1 heterocycles. The van der Waals surface area contributed by atoms with Crippen molar-refractivity contribution in [2.24, 2.45) is 13.0 Å². The summed E-state index contributed by atoms with van der Waals surface area (Å²) < 4.78 is 1.50. The molecule has 3 N–H and O–H groups in total. The first-order valence-electron chi connectivity index (χ1n) is 8.55. The number of hydrogen-bond donors (Lipinski definition) is 3. The second-order valence-corrected chi connectivity index (χ2v) is 7.42. The fourth-order valence-corrected chi connectivity index (χ4v) is 3.55.